The summed E-state index contributed by atoms with van der Waals surface area (Å²) in [7, 11) is 2.59. The van der Waals surface area contributed by atoms with Crippen LogP contribution in [0.2, 0.25) is 0 Å². The van der Waals surface area contributed by atoms with Gasteiger partial charge in [-0.05, 0) is 165 Å². The fourth-order valence-corrected chi connectivity index (χ4v) is 9.56. The molecule has 3 atom stereocenters. The number of rotatable bonds is 25. The van der Waals surface area contributed by atoms with Crippen molar-refractivity contribution >= 4 is 110 Å². The SMILES string of the molecule is CC(C)(C)OC(=O)NCCCC[C@H](NC(=O)OCC1c2ccccc2-c2ccccc21)C(=O)O.COC(=O)[C@H](CCCCNC(=O)OC(C)(C)C)NC(=O)OCC1c2ccccc2-c2ccccc21.COC(=O)[C@H](CCCCNC(=O)OC(C)(C)C)NN.I.II. The normalized spacial score (nSPS) is 12.8. The largest absolute Gasteiger partial charge is 0.480 e. The van der Waals surface area contributed by atoms with Crippen LogP contribution in [0.25, 0.3) is 22.3 Å². The average molecular weight is 1610 g/mol. The van der Waals surface area contributed by atoms with E-state index in [0.717, 1.165) is 57.3 Å². The summed E-state index contributed by atoms with van der Waals surface area (Å²) in [6.45, 7) is 17.7. The van der Waals surface area contributed by atoms with Crippen molar-refractivity contribution in [2.75, 3.05) is 47.1 Å². The summed E-state index contributed by atoms with van der Waals surface area (Å²) in [4.78, 5) is 94.6. The number of hydrogen-bond acceptors (Lipinski definition) is 17. The van der Waals surface area contributed by atoms with E-state index in [-0.39, 0.29) is 61.4 Å². The topological polar surface area (TPSA) is 320 Å². The fraction of sp³-hybridized carbons (Fsp3) is 0.508. The number of hydrogen-bond donors (Lipinski definition) is 8. The van der Waals surface area contributed by atoms with E-state index in [1.54, 1.807) is 62.3 Å². The maximum absolute atomic E-state index is 12.6. The van der Waals surface area contributed by atoms with Crippen LogP contribution in [0.3, 0.4) is 0 Å². The third-order valence-electron chi connectivity index (χ3n) is 13.5. The van der Waals surface area contributed by atoms with Gasteiger partial charge < -0.3 is 64.8 Å². The molecule has 91 heavy (non-hydrogen) atoms. The lowest BCUT2D eigenvalue weighted by molar-refractivity contribution is -0.144. The van der Waals surface area contributed by atoms with Crippen molar-refractivity contribution in [2.24, 2.45) is 5.84 Å². The average Bonchev–Trinajstić information content (AvgIpc) is 1.64. The van der Waals surface area contributed by atoms with Gasteiger partial charge >= 0.3 is 48.4 Å². The number of esters is 2. The molecule has 6 rings (SSSR count). The Morgan fingerprint density at radius 2 is 0.725 bits per heavy atom. The highest BCUT2D eigenvalue weighted by molar-refractivity contribution is 15.0. The van der Waals surface area contributed by atoms with Gasteiger partial charge in [0.25, 0.3) is 0 Å². The minimum absolute atomic E-state index is 0. The number of hydrazine groups is 1. The van der Waals surface area contributed by atoms with Crippen LogP contribution in [0.5, 0.6) is 0 Å². The van der Waals surface area contributed by atoms with Gasteiger partial charge in [-0.3, -0.25) is 10.6 Å². The second-order valence-electron chi connectivity index (χ2n) is 23.9. The molecule has 2 aliphatic carbocycles. The highest BCUT2D eigenvalue weighted by atomic mass is 128. The summed E-state index contributed by atoms with van der Waals surface area (Å²) in [6, 6.07) is 29.8. The molecule has 0 saturated heterocycles. The minimum Gasteiger partial charge on any atom is -0.480 e. The predicted octanol–water partition coefficient (Wildman–Crippen LogP) is 12.5. The molecule has 0 radical (unpaired) electrons. The van der Waals surface area contributed by atoms with E-state index in [1.165, 1.54) is 14.2 Å². The Bertz CT molecular complexity index is 2860. The van der Waals surface area contributed by atoms with E-state index in [2.05, 4.69) is 86.1 Å². The number of carboxylic acid groups (broad SMARTS) is 1. The molecule has 4 aromatic rings. The fourth-order valence-electron chi connectivity index (χ4n) is 9.56. The van der Waals surface area contributed by atoms with Gasteiger partial charge in [-0.15, -0.1) is 24.0 Å². The molecular weight excluding hydrogens is 1520 g/mol. The second kappa shape index (κ2) is 41.4. The van der Waals surface area contributed by atoms with Crippen LogP contribution < -0.4 is 37.9 Å². The van der Waals surface area contributed by atoms with Crippen LogP contribution in [-0.2, 0) is 47.5 Å². The lowest BCUT2D eigenvalue weighted by Crippen LogP contribution is -2.42. The molecule has 0 aromatic heterocycles. The van der Waals surface area contributed by atoms with Crippen molar-refractivity contribution in [3.05, 3.63) is 119 Å². The molecule has 0 bridgehead atoms. The zero-order chi connectivity index (χ0) is 67.0. The summed E-state index contributed by atoms with van der Waals surface area (Å²) in [5.74, 6) is 3.02. The summed E-state index contributed by atoms with van der Waals surface area (Å²) >= 11 is 4.24. The number of nitrogens with two attached hydrogens (primary N) is 1. The summed E-state index contributed by atoms with van der Waals surface area (Å²) in [5.41, 5.74) is 9.69. The lowest BCUT2D eigenvalue weighted by Gasteiger charge is -2.20. The second-order valence-corrected chi connectivity index (χ2v) is 23.9. The zero-order valence-electron chi connectivity index (χ0n) is 53.8. The Morgan fingerprint density at radius 1 is 0.451 bits per heavy atom. The van der Waals surface area contributed by atoms with Gasteiger partial charge in [-0.25, -0.2) is 39.0 Å². The van der Waals surface area contributed by atoms with Crippen molar-refractivity contribution < 1.29 is 76.6 Å². The summed E-state index contributed by atoms with van der Waals surface area (Å²) < 4.78 is 35.8. The van der Waals surface area contributed by atoms with Crippen LogP contribution in [0.15, 0.2) is 97.1 Å². The first-order valence-electron chi connectivity index (χ1n) is 29.8. The monoisotopic (exact) mass is 1610 g/mol. The van der Waals surface area contributed by atoms with E-state index in [4.69, 9.17) is 34.3 Å². The summed E-state index contributed by atoms with van der Waals surface area (Å²) in [5, 5.41) is 22.5. The number of alkyl carbamates (subject to hydrolysis) is 5. The van der Waals surface area contributed by atoms with Gasteiger partial charge in [0.1, 0.15) is 48.1 Å². The van der Waals surface area contributed by atoms with E-state index in [1.807, 2.05) is 84.9 Å². The molecule has 0 spiro atoms. The minimum atomic E-state index is -1.13. The molecule has 0 saturated carbocycles. The van der Waals surface area contributed by atoms with E-state index in [9.17, 15) is 43.5 Å². The maximum atomic E-state index is 12.6. The van der Waals surface area contributed by atoms with Crippen molar-refractivity contribution in [1.82, 2.24) is 32.0 Å². The number of nitrogens with one attached hydrogen (secondary N) is 6. The Morgan fingerprint density at radius 3 is 1.01 bits per heavy atom. The molecule has 0 unspecified atom stereocenters. The standard InChI is InChI=1S/C27H34N2O6.C26H32N2O6.C12H25N3O4.I2.HI/c1-27(2,3)35-25(31)28-16-10-9-15-23(24(30)33-4)29-26(32)34-17-22-20-13-7-5-11-18(20)19-12-6-8-14-21(19)22;1-26(2,3)34-24(31)27-15-9-8-14-22(23(29)30)28-25(32)33-16-21-19-12-6-4-10-17(19)18-11-5-7-13-20(18)21;1-12(2,3)19-11(17)14-8-6-5-7-9(15-13)10(16)18-4;1-2;/h5-8,11-14,22-23H,9-10,15-17H2,1-4H3,(H,28,31)(H,29,32);4-7,10-13,21-22H,8-9,14-16H2,1-3H3,(H,27,31)(H,28,32)(H,29,30);9,15H,5-8,13H2,1-4H3,(H,14,17);;1H/t23-;22-;9-;;/m000../s1. The Hall–Kier alpha value is -6.25. The van der Waals surface area contributed by atoms with E-state index < -0.39 is 77.3 Å². The molecule has 9 N–H and O–H groups in total. The van der Waals surface area contributed by atoms with Gasteiger partial charge in [0.15, 0.2) is 0 Å². The molecule has 2 aliphatic rings. The smallest absolute Gasteiger partial charge is 0.407 e. The Balaban J connectivity index is 0.000000476. The van der Waals surface area contributed by atoms with Gasteiger partial charge in [-0.1, -0.05) is 97.1 Å². The van der Waals surface area contributed by atoms with Gasteiger partial charge in [0.05, 0.1) is 14.2 Å². The van der Waals surface area contributed by atoms with Gasteiger partial charge in [0, 0.05) is 68.7 Å². The zero-order valence-corrected chi connectivity index (χ0v) is 60.5. The van der Waals surface area contributed by atoms with Gasteiger partial charge in [-0.2, -0.15) is 0 Å². The number of carboxylic acids is 1. The molecule has 0 aliphatic heterocycles. The number of benzene rings is 4. The van der Waals surface area contributed by atoms with Crippen molar-refractivity contribution in [3.8, 4) is 22.3 Å². The molecule has 504 valence electrons. The third-order valence-corrected chi connectivity index (χ3v) is 13.5. The number of unbranched alkanes of at least 4 members (excludes halogenated alkanes) is 3. The molecule has 0 fully saturated rings. The highest BCUT2D eigenvalue weighted by Crippen LogP contribution is 2.45. The van der Waals surface area contributed by atoms with Crippen molar-refractivity contribution in [3.63, 3.8) is 0 Å². The number of amides is 5. The molecular formula is C65H92I3N7O16. The lowest BCUT2D eigenvalue weighted by atomic mass is 9.98. The highest BCUT2D eigenvalue weighted by Gasteiger charge is 2.32. The molecule has 0 heterocycles. The van der Waals surface area contributed by atoms with Crippen LogP contribution in [-0.4, -0.2) is 135 Å². The van der Waals surface area contributed by atoms with Crippen LogP contribution >= 0.6 is 61.2 Å². The number of fused-ring (bicyclic) bond motifs is 6. The van der Waals surface area contributed by atoms with Crippen LogP contribution in [0, 0.1) is 0 Å². The number of carbonyl (C=O) groups excluding carboxylic acids is 7. The van der Waals surface area contributed by atoms with Crippen molar-refractivity contribution in [2.45, 2.75) is 167 Å². The predicted molar refractivity (Wildman–Crippen MR) is 374 cm³/mol. The maximum Gasteiger partial charge on any atom is 0.407 e. The Labute approximate surface area is 575 Å². The van der Waals surface area contributed by atoms with E-state index in [0.29, 0.717) is 58.2 Å². The first-order chi connectivity index (χ1) is 42.6. The Kier molecular flexibility index (Phi) is 36.7. The molecule has 5 amide bonds. The molecule has 4 aromatic carbocycles. The quantitative estimate of drug-likeness (QED) is 0.00763. The molecule has 26 heteroatoms. The van der Waals surface area contributed by atoms with E-state index >= 15 is 0 Å². The number of aliphatic carboxylic acids is 1. The first kappa shape index (κ1) is 80.8. The summed E-state index contributed by atoms with van der Waals surface area (Å²) in [6.07, 6.45) is 1.96. The van der Waals surface area contributed by atoms with Crippen LogP contribution in [0.1, 0.15) is 154 Å². The van der Waals surface area contributed by atoms with Gasteiger partial charge in [0.2, 0.25) is 0 Å². The first-order valence-corrected chi connectivity index (χ1v) is 36.1. The number of ether oxygens (including phenoxy) is 7. The number of methoxy groups -OCH3 is 2. The van der Waals surface area contributed by atoms with Crippen LogP contribution in [0.4, 0.5) is 24.0 Å². The third kappa shape index (κ3) is 29.9. The molecule has 23 nitrogen and oxygen atoms in total. The number of halogens is 3. The number of carbonyl (C=O) groups is 8. The van der Waals surface area contributed by atoms with Crippen molar-refractivity contribution in [1.29, 1.82) is 0 Å².